The molecule has 0 aliphatic carbocycles. The van der Waals surface area contributed by atoms with Crippen molar-refractivity contribution in [3.63, 3.8) is 0 Å². The molecule has 0 radical (unpaired) electrons. The van der Waals surface area contributed by atoms with E-state index >= 15 is 0 Å². The molecular formula is C11H10N2O5. The molecule has 7 nitrogen and oxygen atoms in total. The first-order chi connectivity index (χ1) is 8.60. The van der Waals surface area contributed by atoms with E-state index in [1.165, 1.54) is 18.2 Å². The smallest absolute Gasteiger partial charge is 0.344 e. The van der Waals surface area contributed by atoms with Gasteiger partial charge >= 0.3 is 5.97 Å². The molecule has 0 unspecified atom stereocenters. The molecular weight excluding hydrogens is 240 g/mol. The van der Waals surface area contributed by atoms with Crippen LogP contribution >= 0.6 is 0 Å². The van der Waals surface area contributed by atoms with Crippen LogP contribution in [-0.4, -0.2) is 24.1 Å². The van der Waals surface area contributed by atoms with Crippen LogP contribution in [0.25, 0.3) is 0 Å². The molecule has 1 aromatic carbocycles. The first-order valence-corrected chi connectivity index (χ1v) is 5.06. The number of carbonyl (C=O) groups excluding carboxylic acids is 1. The predicted molar refractivity (Wildman–Crippen MR) is 59.9 cm³/mol. The molecule has 0 saturated carbocycles. The van der Waals surface area contributed by atoms with E-state index in [0.29, 0.717) is 0 Å². The minimum atomic E-state index is -0.685. The van der Waals surface area contributed by atoms with Gasteiger partial charge in [-0.15, -0.1) is 0 Å². The third-order valence-electron chi connectivity index (χ3n) is 1.96. The summed E-state index contributed by atoms with van der Waals surface area (Å²) in [6.45, 7) is 1.46. The normalized spacial score (nSPS) is 9.33. The number of hydrogen-bond acceptors (Lipinski definition) is 6. The highest BCUT2D eigenvalue weighted by Gasteiger charge is 2.18. The highest BCUT2D eigenvalue weighted by atomic mass is 16.6. The van der Waals surface area contributed by atoms with Crippen LogP contribution in [0.2, 0.25) is 0 Å². The number of esters is 1. The standard InChI is InChI=1S/C11H10N2O5/c1-2-17-11(14)7-18-10-5-3-4-9(13(15)16)8(10)6-12/h3-5H,2,7H2,1H3. The lowest BCUT2D eigenvalue weighted by atomic mass is 10.2. The number of hydrogen-bond donors (Lipinski definition) is 0. The number of nitro groups is 1. The molecule has 0 heterocycles. The number of nitrogens with zero attached hydrogens (tertiary/aromatic N) is 2. The van der Waals surface area contributed by atoms with Crippen molar-refractivity contribution in [3.8, 4) is 11.8 Å². The summed E-state index contributed by atoms with van der Waals surface area (Å²) in [4.78, 5) is 21.1. The van der Waals surface area contributed by atoms with Crippen LogP contribution in [0.5, 0.6) is 5.75 Å². The maximum Gasteiger partial charge on any atom is 0.344 e. The van der Waals surface area contributed by atoms with Crippen molar-refractivity contribution in [2.24, 2.45) is 0 Å². The Bertz CT molecular complexity index is 507. The first-order valence-electron chi connectivity index (χ1n) is 5.06. The molecule has 94 valence electrons. The molecule has 0 spiro atoms. The minimum absolute atomic E-state index is 0.0141. The van der Waals surface area contributed by atoms with E-state index < -0.39 is 17.5 Å². The lowest BCUT2D eigenvalue weighted by molar-refractivity contribution is -0.385. The molecule has 1 aromatic rings. The van der Waals surface area contributed by atoms with Crippen molar-refractivity contribution in [1.29, 1.82) is 5.26 Å². The number of nitro benzene ring substituents is 1. The highest BCUT2D eigenvalue weighted by molar-refractivity contribution is 5.71. The number of benzene rings is 1. The fourth-order valence-electron chi connectivity index (χ4n) is 1.24. The van der Waals surface area contributed by atoms with Crippen molar-refractivity contribution >= 4 is 11.7 Å². The van der Waals surface area contributed by atoms with Gasteiger partial charge in [-0.25, -0.2) is 4.79 Å². The van der Waals surface area contributed by atoms with Gasteiger partial charge in [0.1, 0.15) is 11.8 Å². The molecule has 1 rings (SSSR count). The molecule has 0 amide bonds. The summed E-state index contributed by atoms with van der Waals surface area (Å²) in [5, 5.41) is 19.5. The van der Waals surface area contributed by atoms with E-state index in [-0.39, 0.29) is 23.6 Å². The van der Waals surface area contributed by atoms with E-state index in [1.54, 1.807) is 13.0 Å². The molecule has 0 fully saturated rings. The zero-order valence-electron chi connectivity index (χ0n) is 9.58. The second-order valence-corrected chi connectivity index (χ2v) is 3.11. The lowest BCUT2D eigenvalue weighted by Crippen LogP contribution is -2.15. The Morgan fingerprint density at radius 1 is 1.56 bits per heavy atom. The Balaban J connectivity index is 2.90. The van der Waals surface area contributed by atoms with Crippen LogP contribution in [-0.2, 0) is 9.53 Å². The Morgan fingerprint density at radius 2 is 2.28 bits per heavy atom. The number of nitriles is 1. The van der Waals surface area contributed by atoms with Gasteiger partial charge in [0, 0.05) is 6.07 Å². The second-order valence-electron chi connectivity index (χ2n) is 3.11. The van der Waals surface area contributed by atoms with Gasteiger partial charge in [0.25, 0.3) is 5.69 Å². The summed E-state index contributed by atoms with van der Waals surface area (Å²) in [7, 11) is 0. The summed E-state index contributed by atoms with van der Waals surface area (Å²) >= 11 is 0. The Hall–Kier alpha value is -2.62. The largest absolute Gasteiger partial charge is 0.480 e. The van der Waals surface area contributed by atoms with Gasteiger partial charge in [0.05, 0.1) is 11.5 Å². The zero-order chi connectivity index (χ0) is 13.5. The molecule has 7 heteroatoms. The average Bonchev–Trinajstić information content (AvgIpc) is 2.36. The molecule has 0 saturated heterocycles. The summed E-state index contributed by atoms with van der Waals surface area (Å²) in [5.41, 5.74) is -0.578. The van der Waals surface area contributed by atoms with Gasteiger partial charge in [-0.1, -0.05) is 6.07 Å². The van der Waals surface area contributed by atoms with Crippen LogP contribution in [0, 0.1) is 21.4 Å². The van der Waals surface area contributed by atoms with Gasteiger partial charge in [0.15, 0.2) is 12.2 Å². The summed E-state index contributed by atoms with van der Waals surface area (Å²) in [5.74, 6) is -0.618. The summed E-state index contributed by atoms with van der Waals surface area (Å²) < 4.78 is 9.67. The second kappa shape index (κ2) is 6.20. The van der Waals surface area contributed by atoms with Crippen molar-refractivity contribution < 1.29 is 19.2 Å². The quantitative estimate of drug-likeness (QED) is 0.444. The molecule has 0 aliphatic heterocycles. The van der Waals surface area contributed by atoms with Crippen LogP contribution in [0.15, 0.2) is 18.2 Å². The van der Waals surface area contributed by atoms with E-state index in [0.717, 1.165) is 0 Å². The van der Waals surface area contributed by atoms with Crippen LogP contribution < -0.4 is 4.74 Å². The number of ether oxygens (including phenoxy) is 2. The fourth-order valence-corrected chi connectivity index (χ4v) is 1.24. The maximum atomic E-state index is 11.1. The van der Waals surface area contributed by atoms with Gasteiger partial charge in [0.2, 0.25) is 0 Å². The van der Waals surface area contributed by atoms with E-state index in [9.17, 15) is 14.9 Å². The minimum Gasteiger partial charge on any atom is -0.480 e. The monoisotopic (exact) mass is 250 g/mol. The van der Waals surface area contributed by atoms with Gasteiger partial charge < -0.3 is 9.47 Å². The average molecular weight is 250 g/mol. The summed E-state index contributed by atoms with van der Waals surface area (Å²) in [6, 6.07) is 5.63. The molecule has 0 aliphatic rings. The molecule has 0 aromatic heterocycles. The third-order valence-corrected chi connectivity index (χ3v) is 1.96. The Labute approximate surface area is 103 Å². The van der Waals surface area contributed by atoms with Gasteiger partial charge in [-0.2, -0.15) is 5.26 Å². The zero-order valence-corrected chi connectivity index (χ0v) is 9.58. The maximum absolute atomic E-state index is 11.1. The van der Waals surface area contributed by atoms with Gasteiger partial charge in [-0.3, -0.25) is 10.1 Å². The predicted octanol–water partition coefficient (Wildman–Crippen LogP) is 1.41. The topological polar surface area (TPSA) is 102 Å². The van der Waals surface area contributed by atoms with Crippen molar-refractivity contribution in [2.75, 3.05) is 13.2 Å². The number of rotatable bonds is 5. The summed E-state index contributed by atoms with van der Waals surface area (Å²) in [6.07, 6.45) is 0. The SMILES string of the molecule is CCOC(=O)COc1cccc([N+](=O)[O-])c1C#N. The fraction of sp³-hybridized carbons (Fsp3) is 0.273. The van der Waals surface area contributed by atoms with Crippen LogP contribution in [0.3, 0.4) is 0 Å². The highest BCUT2D eigenvalue weighted by Crippen LogP contribution is 2.27. The molecule has 18 heavy (non-hydrogen) atoms. The number of carbonyl (C=O) groups is 1. The van der Waals surface area contributed by atoms with E-state index in [2.05, 4.69) is 4.74 Å². The molecule has 0 N–H and O–H groups in total. The van der Waals surface area contributed by atoms with Gasteiger partial charge in [-0.05, 0) is 13.0 Å². The molecule has 0 atom stereocenters. The van der Waals surface area contributed by atoms with Crippen LogP contribution in [0.1, 0.15) is 12.5 Å². The van der Waals surface area contributed by atoms with E-state index in [1.807, 2.05) is 0 Å². The first kappa shape index (κ1) is 13.4. The Morgan fingerprint density at radius 3 is 2.83 bits per heavy atom. The third kappa shape index (κ3) is 3.18. The van der Waals surface area contributed by atoms with Crippen LogP contribution in [0.4, 0.5) is 5.69 Å². The van der Waals surface area contributed by atoms with Crippen molar-refractivity contribution in [2.45, 2.75) is 6.92 Å². The Kier molecular flexibility index (Phi) is 4.63. The molecule has 0 bridgehead atoms. The van der Waals surface area contributed by atoms with Crippen molar-refractivity contribution in [1.82, 2.24) is 0 Å². The lowest BCUT2D eigenvalue weighted by Gasteiger charge is -2.07. The van der Waals surface area contributed by atoms with Crippen molar-refractivity contribution in [3.05, 3.63) is 33.9 Å². The van der Waals surface area contributed by atoms with E-state index in [4.69, 9.17) is 10.00 Å².